The third-order valence-corrected chi connectivity index (χ3v) is 4.42. The highest BCUT2D eigenvalue weighted by Crippen LogP contribution is 2.22. The molecule has 0 radical (unpaired) electrons. The summed E-state index contributed by atoms with van der Waals surface area (Å²) in [4.78, 5) is 0. The lowest BCUT2D eigenvalue weighted by molar-refractivity contribution is 0.564. The molecule has 0 saturated heterocycles. The van der Waals surface area contributed by atoms with Crippen LogP contribution in [0.5, 0.6) is 0 Å². The quantitative estimate of drug-likeness (QED) is 0.834. The van der Waals surface area contributed by atoms with Crippen molar-refractivity contribution in [3.8, 4) is 0 Å². The van der Waals surface area contributed by atoms with Gasteiger partial charge in [-0.3, -0.25) is 0 Å². The highest BCUT2D eigenvalue weighted by Gasteiger charge is 2.12. The molecule has 18 heavy (non-hydrogen) atoms. The van der Waals surface area contributed by atoms with E-state index in [-0.39, 0.29) is 5.75 Å². The molecular formula is C13H20BrNO2S. The number of sulfone groups is 1. The first-order valence-electron chi connectivity index (χ1n) is 6.00. The minimum atomic E-state index is -2.85. The van der Waals surface area contributed by atoms with Crippen molar-refractivity contribution in [1.29, 1.82) is 0 Å². The summed E-state index contributed by atoms with van der Waals surface area (Å²) in [5.74, 6) is 0.633. The Morgan fingerprint density at radius 1 is 1.28 bits per heavy atom. The van der Waals surface area contributed by atoms with E-state index in [0.29, 0.717) is 12.3 Å². The van der Waals surface area contributed by atoms with Crippen molar-refractivity contribution in [3.63, 3.8) is 0 Å². The van der Waals surface area contributed by atoms with E-state index in [4.69, 9.17) is 0 Å². The molecule has 0 spiro atoms. The Bertz CT molecular complexity index is 456. The van der Waals surface area contributed by atoms with Gasteiger partial charge in [-0.15, -0.1) is 0 Å². The van der Waals surface area contributed by atoms with Gasteiger partial charge in [0, 0.05) is 23.0 Å². The molecule has 5 heteroatoms. The Hall–Kier alpha value is -0.390. The molecule has 0 fully saturated rings. The molecule has 0 bridgehead atoms. The van der Waals surface area contributed by atoms with Crippen LogP contribution in [0.2, 0.25) is 0 Å². The van der Waals surface area contributed by atoms with E-state index in [2.05, 4.69) is 33.4 Å². The molecule has 0 saturated carbocycles. The predicted octanol–water partition coefficient (Wildman–Crippen LogP) is 2.58. The maximum absolute atomic E-state index is 11.1. The molecule has 1 N–H and O–H groups in total. The fourth-order valence-corrected chi connectivity index (χ4v) is 2.92. The monoisotopic (exact) mass is 333 g/mol. The summed E-state index contributed by atoms with van der Waals surface area (Å²) < 4.78 is 23.3. The van der Waals surface area contributed by atoms with Crippen LogP contribution >= 0.6 is 15.9 Å². The number of likely N-dealkylation sites (N-methyl/N-ethyl adjacent to an activating group) is 1. The summed E-state index contributed by atoms with van der Waals surface area (Å²) in [7, 11) is -0.932. The van der Waals surface area contributed by atoms with Crippen molar-refractivity contribution < 1.29 is 8.42 Å². The second-order valence-corrected chi connectivity index (χ2v) is 7.75. The van der Waals surface area contributed by atoms with Gasteiger partial charge >= 0.3 is 0 Å². The molecule has 0 aromatic heterocycles. The largest absolute Gasteiger partial charge is 0.319 e. The first kappa shape index (κ1) is 15.7. The van der Waals surface area contributed by atoms with Crippen molar-refractivity contribution >= 4 is 25.8 Å². The summed E-state index contributed by atoms with van der Waals surface area (Å²) >= 11 is 3.42. The van der Waals surface area contributed by atoms with E-state index in [1.165, 1.54) is 11.8 Å². The van der Waals surface area contributed by atoms with Crippen LogP contribution in [0.4, 0.5) is 0 Å². The van der Waals surface area contributed by atoms with Crippen LogP contribution in [0, 0.1) is 0 Å². The Balaban J connectivity index is 2.62. The lowest BCUT2D eigenvalue weighted by Crippen LogP contribution is -2.18. The van der Waals surface area contributed by atoms with E-state index in [1.54, 1.807) is 0 Å². The minimum absolute atomic E-state index is 0.268. The van der Waals surface area contributed by atoms with Gasteiger partial charge in [-0.05, 0) is 43.5 Å². The van der Waals surface area contributed by atoms with E-state index >= 15 is 0 Å². The van der Waals surface area contributed by atoms with Gasteiger partial charge in [-0.25, -0.2) is 8.42 Å². The molecule has 0 aliphatic heterocycles. The molecule has 0 aliphatic rings. The Kier molecular flexibility index (Phi) is 6.32. The summed E-state index contributed by atoms with van der Waals surface area (Å²) in [6, 6.07) is 8.22. The number of nitrogens with one attached hydrogen (secondary N) is 1. The highest BCUT2D eigenvalue weighted by molar-refractivity contribution is 9.10. The zero-order chi connectivity index (χ0) is 13.6. The fraction of sp³-hybridized carbons (Fsp3) is 0.538. The number of hydrogen-bond acceptors (Lipinski definition) is 3. The van der Waals surface area contributed by atoms with Crippen LogP contribution < -0.4 is 5.32 Å². The van der Waals surface area contributed by atoms with Crippen LogP contribution in [0.3, 0.4) is 0 Å². The predicted molar refractivity (Wildman–Crippen MR) is 79.8 cm³/mol. The normalized spacial score (nSPS) is 13.5. The number of rotatable bonds is 7. The number of halogens is 1. The SMILES string of the molecule is CNCC(CCCS(C)(=O)=O)c1ccc(Br)cc1. The van der Waals surface area contributed by atoms with E-state index in [9.17, 15) is 8.42 Å². The van der Waals surface area contributed by atoms with Crippen molar-refractivity contribution in [3.05, 3.63) is 34.3 Å². The van der Waals surface area contributed by atoms with Gasteiger partial charge in [-0.2, -0.15) is 0 Å². The molecule has 1 rings (SSSR count). The van der Waals surface area contributed by atoms with Gasteiger partial charge in [0.15, 0.2) is 0 Å². The molecule has 1 aromatic rings. The highest BCUT2D eigenvalue weighted by atomic mass is 79.9. The van der Waals surface area contributed by atoms with Gasteiger partial charge in [0.05, 0.1) is 0 Å². The zero-order valence-electron chi connectivity index (χ0n) is 10.8. The summed E-state index contributed by atoms with van der Waals surface area (Å²) in [5, 5.41) is 3.17. The number of hydrogen-bond donors (Lipinski definition) is 1. The Labute approximate surface area is 118 Å². The Morgan fingerprint density at radius 3 is 2.39 bits per heavy atom. The van der Waals surface area contributed by atoms with Crippen LogP contribution in [0.15, 0.2) is 28.7 Å². The molecule has 0 amide bonds. The van der Waals surface area contributed by atoms with Crippen molar-refractivity contribution in [2.75, 3.05) is 25.6 Å². The van der Waals surface area contributed by atoms with Gasteiger partial charge in [0.2, 0.25) is 0 Å². The lowest BCUT2D eigenvalue weighted by Gasteiger charge is -2.17. The second kappa shape index (κ2) is 7.26. The van der Waals surface area contributed by atoms with Crippen LogP contribution in [-0.2, 0) is 9.84 Å². The first-order valence-corrected chi connectivity index (χ1v) is 8.85. The van der Waals surface area contributed by atoms with E-state index in [0.717, 1.165) is 17.4 Å². The Morgan fingerprint density at radius 2 is 1.89 bits per heavy atom. The third-order valence-electron chi connectivity index (χ3n) is 2.86. The molecule has 1 aromatic carbocycles. The van der Waals surface area contributed by atoms with Crippen molar-refractivity contribution in [1.82, 2.24) is 5.32 Å². The lowest BCUT2D eigenvalue weighted by atomic mass is 9.94. The van der Waals surface area contributed by atoms with Crippen LogP contribution in [-0.4, -0.2) is 34.0 Å². The maximum Gasteiger partial charge on any atom is 0.147 e. The van der Waals surface area contributed by atoms with Gasteiger partial charge < -0.3 is 5.32 Å². The topological polar surface area (TPSA) is 46.2 Å². The molecule has 0 heterocycles. The average Bonchev–Trinajstić information content (AvgIpc) is 2.27. The molecule has 102 valence electrons. The van der Waals surface area contributed by atoms with Gasteiger partial charge in [0.25, 0.3) is 0 Å². The molecule has 3 nitrogen and oxygen atoms in total. The second-order valence-electron chi connectivity index (χ2n) is 4.58. The standard InChI is InChI=1S/C13H20BrNO2S/c1-15-10-12(4-3-9-18(2,16)17)11-5-7-13(14)8-6-11/h5-8,12,15H,3-4,9-10H2,1-2H3. The van der Waals surface area contributed by atoms with Gasteiger partial charge in [-0.1, -0.05) is 28.1 Å². The smallest absolute Gasteiger partial charge is 0.147 e. The molecular weight excluding hydrogens is 314 g/mol. The minimum Gasteiger partial charge on any atom is -0.319 e. The third kappa shape index (κ3) is 5.98. The summed E-state index contributed by atoms with van der Waals surface area (Å²) in [6.45, 7) is 0.866. The van der Waals surface area contributed by atoms with Crippen molar-refractivity contribution in [2.45, 2.75) is 18.8 Å². The van der Waals surface area contributed by atoms with Gasteiger partial charge in [0.1, 0.15) is 9.84 Å². The number of benzene rings is 1. The summed E-state index contributed by atoms with van der Waals surface area (Å²) in [5.41, 5.74) is 1.25. The van der Waals surface area contributed by atoms with E-state index < -0.39 is 9.84 Å². The first-order chi connectivity index (χ1) is 8.42. The molecule has 0 aliphatic carbocycles. The van der Waals surface area contributed by atoms with Crippen molar-refractivity contribution in [2.24, 2.45) is 0 Å². The average molecular weight is 334 g/mol. The molecule has 1 unspecified atom stereocenters. The molecule has 1 atom stereocenters. The summed E-state index contributed by atoms with van der Waals surface area (Å²) in [6.07, 6.45) is 2.89. The van der Waals surface area contributed by atoms with Crippen LogP contribution in [0.25, 0.3) is 0 Å². The fourth-order valence-electron chi connectivity index (χ4n) is 1.96. The zero-order valence-corrected chi connectivity index (χ0v) is 13.2. The van der Waals surface area contributed by atoms with E-state index in [1.807, 2.05) is 19.2 Å². The van der Waals surface area contributed by atoms with Crippen LogP contribution in [0.1, 0.15) is 24.3 Å². The maximum atomic E-state index is 11.1.